The van der Waals surface area contributed by atoms with Gasteiger partial charge in [-0.15, -0.1) is 0 Å². The molecule has 0 bridgehead atoms. The monoisotopic (exact) mass is 485 g/mol. The third kappa shape index (κ3) is 6.32. The van der Waals surface area contributed by atoms with Crippen molar-refractivity contribution in [2.75, 3.05) is 5.75 Å². The molecule has 178 valence electrons. The van der Waals surface area contributed by atoms with Crippen molar-refractivity contribution in [1.29, 1.82) is 0 Å². The number of hydrogen-bond acceptors (Lipinski definition) is 4. The molecule has 0 saturated heterocycles. The van der Waals surface area contributed by atoms with E-state index in [0.29, 0.717) is 29.2 Å². The van der Waals surface area contributed by atoms with E-state index in [0.717, 1.165) is 0 Å². The van der Waals surface area contributed by atoms with Crippen molar-refractivity contribution >= 4 is 10.0 Å². The highest BCUT2D eigenvalue weighted by Gasteiger charge is 2.38. The van der Waals surface area contributed by atoms with Crippen LogP contribution in [0.5, 0.6) is 11.6 Å². The summed E-state index contributed by atoms with van der Waals surface area (Å²) in [5, 5.41) is 4.45. The van der Waals surface area contributed by atoms with Crippen LogP contribution < -0.4 is 9.46 Å². The van der Waals surface area contributed by atoms with Gasteiger partial charge in [0.2, 0.25) is 15.9 Å². The number of alkyl halides is 3. The van der Waals surface area contributed by atoms with Gasteiger partial charge in [0.05, 0.1) is 11.2 Å². The van der Waals surface area contributed by atoms with E-state index < -0.39 is 33.3 Å². The second-order valence-corrected chi connectivity index (χ2v) is 9.62. The van der Waals surface area contributed by atoms with E-state index in [2.05, 4.69) is 9.82 Å². The molecule has 0 aliphatic heterocycles. The zero-order valence-electron chi connectivity index (χ0n) is 18.1. The van der Waals surface area contributed by atoms with E-state index in [1.807, 2.05) is 6.92 Å². The van der Waals surface area contributed by atoms with E-state index in [-0.39, 0.29) is 5.75 Å². The van der Waals surface area contributed by atoms with Crippen LogP contribution in [-0.4, -0.2) is 30.1 Å². The largest absolute Gasteiger partial charge is 0.436 e. The molecule has 1 N–H and O–H groups in total. The van der Waals surface area contributed by atoms with Crippen LogP contribution in [0, 0.1) is 5.82 Å². The van der Waals surface area contributed by atoms with Crippen LogP contribution in [0.3, 0.4) is 0 Å². The average Bonchev–Trinajstić information content (AvgIpc) is 3.10. The van der Waals surface area contributed by atoms with Crippen molar-refractivity contribution in [2.45, 2.75) is 39.0 Å². The van der Waals surface area contributed by atoms with Crippen LogP contribution in [-0.2, 0) is 22.1 Å². The second kappa shape index (κ2) is 9.14. The Labute approximate surface area is 189 Å². The summed E-state index contributed by atoms with van der Waals surface area (Å²) in [6.07, 6.45) is -4.86. The summed E-state index contributed by atoms with van der Waals surface area (Å²) in [5.74, 6) is -2.17. The molecule has 3 aromatic rings. The highest BCUT2D eigenvalue weighted by Crippen LogP contribution is 2.31. The molecule has 3 rings (SSSR count). The minimum atomic E-state index is -4.86. The quantitative estimate of drug-likeness (QED) is 0.444. The normalized spacial score (nSPS) is 12.7. The van der Waals surface area contributed by atoms with Crippen molar-refractivity contribution in [3.8, 4) is 22.9 Å². The lowest BCUT2D eigenvalue weighted by Crippen LogP contribution is -2.44. The maximum absolute atomic E-state index is 14.0. The van der Waals surface area contributed by atoms with Gasteiger partial charge in [-0.25, -0.2) is 22.2 Å². The second-order valence-electron chi connectivity index (χ2n) is 7.90. The van der Waals surface area contributed by atoms with Crippen molar-refractivity contribution in [3.63, 3.8) is 0 Å². The van der Waals surface area contributed by atoms with Gasteiger partial charge in [0.1, 0.15) is 0 Å². The Morgan fingerprint density at radius 1 is 1.06 bits per heavy atom. The van der Waals surface area contributed by atoms with Crippen LogP contribution in [0.25, 0.3) is 11.3 Å². The molecule has 0 atom stereocenters. The molecule has 0 saturated carbocycles. The number of aromatic nitrogens is 2. The number of aryl methyl sites for hydroxylation is 1. The Kier molecular flexibility index (Phi) is 6.85. The van der Waals surface area contributed by atoms with Crippen LogP contribution in [0.2, 0.25) is 0 Å². The van der Waals surface area contributed by atoms with Crippen LogP contribution in [0.1, 0.15) is 26.3 Å². The van der Waals surface area contributed by atoms with Crippen molar-refractivity contribution < 1.29 is 30.7 Å². The molecule has 0 amide bonds. The van der Waals surface area contributed by atoms with Crippen LogP contribution in [0.4, 0.5) is 17.6 Å². The topological polar surface area (TPSA) is 73.2 Å². The molecule has 0 fully saturated rings. The summed E-state index contributed by atoms with van der Waals surface area (Å²) in [4.78, 5) is 0. The van der Waals surface area contributed by atoms with E-state index in [4.69, 9.17) is 4.74 Å². The molecule has 11 heteroatoms. The van der Waals surface area contributed by atoms with Crippen molar-refractivity contribution in [2.24, 2.45) is 0 Å². The van der Waals surface area contributed by atoms with E-state index in [9.17, 15) is 26.0 Å². The Hall–Kier alpha value is -2.92. The zero-order valence-corrected chi connectivity index (χ0v) is 19.0. The smallest absolute Gasteiger partial charge is 0.404 e. The highest BCUT2D eigenvalue weighted by molar-refractivity contribution is 7.89. The number of hydrogen-bond donors (Lipinski definition) is 1. The maximum atomic E-state index is 14.0. The number of nitrogens with zero attached hydrogens (tertiary/aromatic N) is 2. The molecule has 0 unspecified atom stereocenters. The third-order valence-corrected chi connectivity index (χ3v) is 6.27. The Morgan fingerprint density at radius 2 is 1.76 bits per heavy atom. The fourth-order valence-electron chi connectivity index (χ4n) is 3.26. The zero-order chi connectivity index (χ0) is 24.4. The third-order valence-electron chi connectivity index (χ3n) is 4.74. The van der Waals surface area contributed by atoms with E-state index in [1.54, 1.807) is 42.5 Å². The fraction of sp³-hybridized carbons (Fsp3) is 0.318. The number of nitrogens with one attached hydrogen (secondary N) is 1. The predicted molar refractivity (Wildman–Crippen MR) is 116 cm³/mol. The molecule has 2 aromatic carbocycles. The Balaban J connectivity index is 1.90. The predicted octanol–water partition coefficient (Wildman–Crippen LogP) is 5.22. The summed E-state index contributed by atoms with van der Waals surface area (Å²) < 4.78 is 85.1. The summed E-state index contributed by atoms with van der Waals surface area (Å²) in [6, 6.07) is 14.1. The molecular weight excluding hydrogens is 462 g/mol. The lowest BCUT2D eigenvalue weighted by Gasteiger charge is -2.27. The lowest BCUT2D eigenvalue weighted by molar-refractivity contribution is -0.106. The molecule has 1 aromatic heterocycles. The summed E-state index contributed by atoms with van der Waals surface area (Å²) in [6.45, 7) is 5.21. The first-order valence-electron chi connectivity index (χ1n) is 9.99. The average molecular weight is 486 g/mol. The maximum Gasteiger partial charge on any atom is 0.404 e. The summed E-state index contributed by atoms with van der Waals surface area (Å²) >= 11 is 0. The van der Waals surface area contributed by atoms with Gasteiger partial charge in [-0.05, 0) is 44.5 Å². The molecule has 0 aliphatic carbocycles. The molecule has 1 heterocycles. The van der Waals surface area contributed by atoms with E-state index in [1.165, 1.54) is 30.7 Å². The summed E-state index contributed by atoms with van der Waals surface area (Å²) in [7, 11) is -4.62. The Bertz CT molecular complexity index is 1240. The first kappa shape index (κ1) is 24.7. The number of halogens is 4. The molecule has 0 aliphatic rings. The summed E-state index contributed by atoms with van der Waals surface area (Å²) in [5.41, 5.74) is 0.174. The van der Waals surface area contributed by atoms with Gasteiger partial charge in [-0.3, -0.25) is 0 Å². The van der Waals surface area contributed by atoms with Crippen LogP contribution in [0.15, 0.2) is 54.6 Å². The van der Waals surface area contributed by atoms with Gasteiger partial charge in [0.15, 0.2) is 17.3 Å². The number of rotatable bonds is 8. The van der Waals surface area contributed by atoms with Gasteiger partial charge in [-0.1, -0.05) is 30.3 Å². The van der Waals surface area contributed by atoms with Gasteiger partial charge in [-0.2, -0.15) is 18.3 Å². The molecule has 0 radical (unpaired) electrons. The number of para-hydroxylation sites is 1. The molecule has 6 nitrogen and oxygen atoms in total. The lowest BCUT2D eigenvalue weighted by atomic mass is 9.93. The minimum Gasteiger partial charge on any atom is -0.436 e. The van der Waals surface area contributed by atoms with Gasteiger partial charge >= 0.3 is 6.18 Å². The van der Waals surface area contributed by atoms with Gasteiger partial charge < -0.3 is 4.74 Å². The van der Waals surface area contributed by atoms with Crippen molar-refractivity contribution in [3.05, 3.63) is 66.0 Å². The highest BCUT2D eigenvalue weighted by atomic mass is 32.2. The number of benzene rings is 2. The first-order valence-corrected chi connectivity index (χ1v) is 11.6. The SMILES string of the molecule is CCn1nc(-c2cccc(C(C)(C)NS(=O)(=O)CC(F)(F)F)c2)cc1Oc1ccccc1F. The Morgan fingerprint density at radius 3 is 2.39 bits per heavy atom. The van der Waals surface area contributed by atoms with Crippen LogP contribution >= 0.6 is 0 Å². The fourth-order valence-corrected chi connectivity index (χ4v) is 4.65. The van der Waals surface area contributed by atoms with Crippen molar-refractivity contribution in [1.82, 2.24) is 14.5 Å². The van der Waals surface area contributed by atoms with E-state index >= 15 is 0 Å². The minimum absolute atomic E-state index is 0.0348. The standard InChI is InChI=1S/C22H23F4N3O3S/c1-4-29-20(32-19-11-6-5-10-17(19)23)13-18(27-29)15-8-7-9-16(12-15)21(2,3)28-33(30,31)14-22(24,25)26/h5-13,28H,4,14H2,1-3H3. The first-order chi connectivity index (χ1) is 15.3. The number of sulfonamides is 1. The molecule has 0 spiro atoms. The molecular formula is C22H23F4N3O3S. The number of ether oxygens (including phenoxy) is 1. The molecule has 33 heavy (non-hydrogen) atoms. The van der Waals surface area contributed by atoms with Gasteiger partial charge in [0.25, 0.3) is 0 Å². The van der Waals surface area contributed by atoms with Gasteiger partial charge in [0, 0.05) is 18.2 Å².